The van der Waals surface area contributed by atoms with Gasteiger partial charge in [-0.2, -0.15) is 4.98 Å². The van der Waals surface area contributed by atoms with Crippen LogP contribution in [0.15, 0.2) is 61.7 Å². The molecule has 0 spiro atoms. The molecular weight excluding hydrogens is 356 g/mol. The van der Waals surface area contributed by atoms with Crippen LogP contribution in [-0.4, -0.2) is 9.97 Å². The second-order valence-corrected chi connectivity index (χ2v) is 7.04. The number of fused-ring (bicyclic) bond motifs is 2. The zero-order valence-corrected chi connectivity index (χ0v) is 15.8. The highest BCUT2D eigenvalue weighted by atomic mass is 16.3. The number of nitrogen functional groups attached to an aromatic ring is 1. The van der Waals surface area contributed by atoms with Crippen molar-refractivity contribution < 1.29 is 4.42 Å². The summed E-state index contributed by atoms with van der Waals surface area (Å²) in [5.41, 5.74) is 9.29. The van der Waals surface area contributed by atoms with Crippen molar-refractivity contribution in [1.29, 1.82) is 0 Å². The molecule has 0 radical (unpaired) electrons. The van der Waals surface area contributed by atoms with Gasteiger partial charge in [0.05, 0.1) is 10.9 Å². The van der Waals surface area contributed by atoms with Crippen molar-refractivity contribution >= 4 is 22.7 Å². The molecule has 0 saturated heterocycles. The average molecular weight is 376 g/mol. The van der Waals surface area contributed by atoms with E-state index in [1.165, 1.54) is 6.07 Å². The number of allylic oxidation sites excluding steroid dienone is 3. The van der Waals surface area contributed by atoms with Crippen LogP contribution < -0.4 is 22.0 Å². The molecule has 1 aromatic carbocycles. The number of rotatable bonds is 2. The van der Waals surface area contributed by atoms with E-state index in [9.17, 15) is 9.59 Å². The third-order valence-corrected chi connectivity index (χ3v) is 4.94. The molecular formula is C21H20N4O3. The van der Waals surface area contributed by atoms with Gasteiger partial charge in [-0.05, 0) is 32.4 Å². The highest BCUT2D eigenvalue weighted by Gasteiger charge is 2.34. The molecule has 4 rings (SSSR count). The fraction of sp³-hybridized carbons (Fsp3) is 0.190. The molecule has 2 aromatic heterocycles. The molecule has 4 N–H and O–H groups in total. The lowest BCUT2D eigenvalue weighted by Crippen LogP contribution is -2.28. The summed E-state index contributed by atoms with van der Waals surface area (Å²) in [6, 6.07) is 6.82. The largest absolute Gasteiger partial charge is 0.461 e. The van der Waals surface area contributed by atoms with Crippen LogP contribution in [0.25, 0.3) is 11.0 Å². The molecule has 1 atom stereocenters. The molecule has 0 amide bonds. The van der Waals surface area contributed by atoms with Crippen LogP contribution in [0.3, 0.4) is 0 Å². The van der Waals surface area contributed by atoms with E-state index in [0.717, 1.165) is 16.8 Å². The fourth-order valence-corrected chi connectivity index (χ4v) is 3.89. The van der Waals surface area contributed by atoms with Crippen molar-refractivity contribution in [2.75, 3.05) is 11.1 Å². The SMILES string of the molecule is C=C(C)C1=C(C)Nc2nc(N)[nH]c(=O)c2C1c1cccc2c(=O)cc(C)oc12. The van der Waals surface area contributed by atoms with Gasteiger partial charge >= 0.3 is 0 Å². The highest BCUT2D eigenvalue weighted by molar-refractivity contribution is 5.83. The van der Waals surface area contributed by atoms with Crippen molar-refractivity contribution in [1.82, 2.24) is 9.97 Å². The quantitative estimate of drug-likeness (QED) is 0.633. The summed E-state index contributed by atoms with van der Waals surface area (Å²) in [7, 11) is 0. The number of anilines is 2. The number of H-pyrrole nitrogens is 1. The number of aromatic nitrogens is 2. The number of para-hydroxylation sites is 1. The molecule has 142 valence electrons. The third-order valence-electron chi connectivity index (χ3n) is 4.94. The zero-order valence-electron chi connectivity index (χ0n) is 15.8. The first-order valence-electron chi connectivity index (χ1n) is 8.84. The van der Waals surface area contributed by atoms with Gasteiger partial charge in [0, 0.05) is 23.2 Å². The van der Waals surface area contributed by atoms with Crippen molar-refractivity contribution in [2.45, 2.75) is 26.7 Å². The van der Waals surface area contributed by atoms with Gasteiger partial charge in [0.2, 0.25) is 5.95 Å². The predicted octanol–water partition coefficient (Wildman–Crippen LogP) is 3.17. The van der Waals surface area contributed by atoms with Crippen LogP contribution in [0, 0.1) is 6.92 Å². The fourth-order valence-electron chi connectivity index (χ4n) is 3.89. The van der Waals surface area contributed by atoms with E-state index in [1.54, 1.807) is 19.1 Å². The molecule has 28 heavy (non-hydrogen) atoms. The molecule has 1 aliphatic rings. The van der Waals surface area contributed by atoms with E-state index >= 15 is 0 Å². The summed E-state index contributed by atoms with van der Waals surface area (Å²) >= 11 is 0. The van der Waals surface area contributed by atoms with Crippen LogP contribution in [0.5, 0.6) is 0 Å². The van der Waals surface area contributed by atoms with Gasteiger partial charge < -0.3 is 15.5 Å². The molecule has 7 heteroatoms. The van der Waals surface area contributed by atoms with Gasteiger partial charge in [-0.3, -0.25) is 14.6 Å². The highest BCUT2D eigenvalue weighted by Crippen LogP contribution is 2.43. The third kappa shape index (κ3) is 2.63. The van der Waals surface area contributed by atoms with E-state index in [0.29, 0.717) is 33.7 Å². The Morgan fingerprint density at radius 3 is 2.75 bits per heavy atom. The summed E-state index contributed by atoms with van der Waals surface area (Å²) in [5.74, 6) is 0.419. The minimum Gasteiger partial charge on any atom is -0.461 e. The molecule has 3 aromatic rings. The molecule has 1 unspecified atom stereocenters. The maximum atomic E-state index is 12.9. The lowest BCUT2D eigenvalue weighted by atomic mass is 9.79. The minimum atomic E-state index is -0.501. The number of nitrogens with one attached hydrogen (secondary N) is 2. The summed E-state index contributed by atoms with van der Waals surface area (Å²) in [6.07, 6.45) is 0. The first-order valence-corrected chi connectivity index (χ1v) is 8.84. The second kappa shape index (κ2) is 6.23. The normalized spacial score (nSPS) is 16.0. The molecule has 0 aliphatic carbocycles. The lowest BCUT2D eigenvalue weighted by Gasteiger charge is -2.30. The van der Waals surface area contributed by atoms with Crippen LogP contribution in [0.1, 0.15) is 36.7 Å². The van der Waals surface area contributed by atoms with Crippen LogP contribution in [0.4, 0.5) is 11.8 Å². The summed E-state index contributed by atoms with van der Waals surface area (Å²) < 4.78 is 5.94. The average Bonchev–Trinajstić information content (AvgIpc) is 2.59. The van der Waals surface area contributed by atoms with Crippen LogP contribution >= 0.6 is 0 Å². The standard InChI is InChI=1S/C21H20N4O3/c1-9(2)15-11(4)23-19-17(20(27)25-21(22)24-19)16(15)13-7-5-6-12-14(26)8-10(3)28-18(12)13/h5-8,16H,1H2,2-4H3,(H4,22,23,24,25,27). The molecule has 0 bridgehead atoms. The van der Waals surface area contributed by atoms with Gasteiger partial charge in [-0.25, -0.2) is 0 Å². The monoisotopic (exact) mass is 376 g/mol. The van der Waals surface area contributed by atoms with Crippen molar-refractivity contribution in [3.8, 4) is 0 Å². The Morgan fingerprint density at radius 1 is 1.29 bits per heavy atom. The van der Waals surface area contributed by atoms with Crippen LogP contribution in [0.2, 0.25) is 0 Å². The Balaban J connectivity index is 2.15. The van der Waals surface area contributed by atoms with Gasteiger partial charge in [-0.15, -0.1) is 0 Å². The molecule has 7 nitrogen and oxygen atoms in total. The van der Waals surface area contributed by atoms with E-state index in [2.05, 4.69) is 21.9 Å². The molecule has 0 saturated carbocycles. The smallest absolute Gasteiger partial charge is 0.258 e. The molecule has 0 fully saturated rings. The van der Waals surface area contributed by atoms with E-state index < -0.39 is 5.92 Å². The van der Waals surface area contributed by atoms with Crippen molar-refractivity contribution in [2.24, 2.45) is 0 Å². The molecule has 1 aliphatic heterocycles. The van der Waals surface area contributed by atoms with Gasteiger partial charge in [-0.1, -0.05) is 24.3 Å². The minimum absolute atomic E-state index is 0.0295. The summed E-state index contributed by atoms with van der Waals surface area (Å²) in [6.45, 7) is 9.59. The number of benzene rings is 1. The van der Waals surface area contributed by atoms with E-state index in [-0.39, 0.29) is 16.9 Å². The first kappa shape index (κ1) is 17.8. The van der Waals surface area contributed by atoms with E-state index in [1.807, 2.05) is 19.9 Å². The number of aromatic amines is 1. The Morgan fingerprint density at radius 2 is 2.04 bits per heavy atom. The van der Waals surface area contributed by atoms with Gasteiger partial charge in [0.15, 0.2) is 5.43 Å². The van der Waals surface area contributed by atoms with Crippen LogP contribution in [-0.2, 0) is 0 Å². The summed E-state index contributed by atoms with van der Waals surface area (Å²) in [4.78, 5) is 32.2. The number of hydrogen-bond acceptors (Lipinski definition) is 6. The Kier molecular flexibility index (Phi) is 3.96. The van der Waals surface area contributed by atoms with Crippen molar-refractivity contribution in [3.63, 3.8) is 0 Å². The predicted molar refractivity (Wildman–Crippen MR) is 109 cm³/mol. The summed E-state index contributed by atoms with van der Waals surface area (Å²) in [5, 5.41) is 3.62. The number of aryl methyl sites for hydroxylation is 1. The van der Waals surface area contributed by atoms with E-state index in [4.69, 9.17) is 10.2 Å². The zero-order chi connectivity index (χ0) is 20.2. The van der Waals surface area contributed by atoms with Crippen molar-refractivity contribution in [3.05, 3.63) is 85.2 Å². The first-order chi connectivity index (χ1) is 13.3. The Hall–Kier alpha value is -3.61. The van der Waals surface area contributed by atoms with Gasteiger partial charge in [0.1, 0.15) is 17.2 Å². The lowest BCUT2D eigenvalue weighted by molar-refractivity contribution is 0.559. The number of hydrogen-bond donors (Lipinski definition) is 3. The topological polar surface area (TPSA) is 114 Å². The Labute approximate surface area is 160 Å². The number of nitrogens with two attached hydrogens (primary N) is 1. The molecule has 3 heterocycles. The second-order valence-electron chi connectivity index (χ2n) is 7.04. The number of nitrogens with zero attached hydrogens (tertiary/aromatic N) is 1. The Bertz CT molecular complexity index is 1300. The maximum Gasteiger partial charge on any atom is 0.258 e. The van der Waals surface area contributed by atoms with Gasteiger partial charge in [0.25, 0.3) is 5.56 Å². The maximum absolute atomic E-state index is 12.9.